The van der Waals surface area contributed by atoms with Crippen LogP contribution in [-0.4, -0.2) is 18.9 Å². The number of Topliss-reactive ketones (excluding diaryl/α,β-unsaturated/α-hetero) is 1. The number of allylic oxidation sites excluding steroid dienone is 1. The predicted octanol–water partition coefficient (Wildman–Crippen LogP) is 1.52. The van der Waals surface area contributed by atoms with Crippen LogP contribution >= 0.6 is 0 Å². The molecule has 0 aliphatic heterocycles. The van der Waals surface area contributed by atoms with Gasteiger partial charge in [0.2, 0.25) is 0 Å². The SMILES string of the molecule is C=C(C)CC(=O)CCNCC. The largest absolute Gasteiger partial charge is 0.317 e. The monoisotopic (exact) mass is 155 g/mol. The minimum atomic E-state index is 0.276. The van der Waals surface area contributed by atoms with Gasteiger partial charge in [0.25, 0.3) is 0 Å². The second kappa shape index (κ2) is 6.10. The molecule has 2 nitrogen and oxygen atoms in total. The zero-order valence-corrected chi connectivity index (χ0v) is 7.44. The lowest BCUT2D eigenvalue weighted by Crippen LogP contribution is -2.17. The van der Waals surface area contributed by atoms with Gasteiger partial charge in [-0.2, -0.15) is 0 Å². The third kappa shape index (κ3) is 7.26. The van der Waals surface area contributed by atoms with Gasteiger partial charge in [0.05, 0.1) is 0 Å². The first-order valence-electron chi connectivity index (χ1n) is 4.03. The van der Waals surface area contributed by atoms with E-state index < -0.39 is 0 Å². The lowest BCUT2D eigenvalue weighted by atomic mass is 10.1. The van der Waals surface area contributed by atoms with Crippen molar-refractivity contribution in [2.24, 2.45) is 0 Å². The summed E-state index contributed by atoms with van der Waals surface area (Å²) >= 11 is 0. The van der Waals surface area contributed by atoms with E-state index in [2.05, 4.69) is 11.9 Å². The molecule has 0 unspecified atom stereocenters. The molecule has 0 heterocycles. The number of hydrogen-bond acceptors (Lipinski definition) is 2. The number of nitrogens with one attached hydrogen (secondary N) is 1. The van der Waals surface area contributed by atoms with Crippen LogP contribution in [0.3, 0.4) is 0 Å². The van der Waals surface area contributed by atoms with E-state index >= 15 is 0 Å². The Kier molecular flexibility index (Phi) is 5.75. The average molecular weight is 155 g/mol. The van der Waals surface area contributed by atoms with Crippen molar-refractivity contribution in [3.8, 4) is 0 Å². The summed E-state index contributed by atoms with van der Waals surface area (Å²) in [4.78, 5) is 11.0. The van der Waals surface area contributed by atoms with Crippen LogP contribution in [0, 0.1) is 0 Å². The molecule has 0 aromatic carbocycles. The topological polar surface area (TPSA) is 29.1 Å². The minimum absolute atomic E-state index is 0.276. The molecule has 0 amide bonds. The molecule has 2 heteroatoms. The molecular weight excluding hydrogens is 138 g/mol. The highest BCUT2D eigenvalue weighted by atomic mass is 16.1. The van der Waals surface area contributed by atoms with E-state index in [1.165, 1.54) is 0 Å². The molecule has 0 aliphatic carbocycles. The standard InChI is InChI=1S/C9H17NO/c1-4-10-6-5-9(11)7-8(2)3/h10H,2,4-7H2,1,3H3. The molecule has 0 saturated heterocycles. The highest BCUT2D eigenvalue weighted by Gasteiger charge is 1.99. The zero-order chi connectivity index (χ0) is 8.69. The summed E-state index contributed by atoms with van der Waals surface area (Å²) in [5.74, 6) is 0.276. The highest BCUT2D eigenvalue weighted by Crippen LogP contribution is 1.98. The Morgan fingerprint density at radius 2 is 2.18 bits per heavy atom. The Hall–Kier alpha value is -0.630. The van der Waals surface area contributed by atoms with Gasteiger partial charge < -0.3 is 5.32 Å². The molecule has 0 rings (SSSR count). The molecule has 0 aromatic heterocycles. The van der Waals surface area contributed by atoms with Crippen molar-refractivity contribution >= 4 is 5.78 Å². The second-order valence-corrected chi connectivity index (χ2v) is 2.78. The van der Waals surface area contributed by atoms with Crippen molar-refractivity contribution in [2.45, 2.75) is 26.7 Å². The summed E-state index contributed by atoms with van der Waals surface area (Å²) in [6.07, 6.45) is 1.16. The van der Waals surface area contributed by atoms with E-state index in [9.17, 15) is 4.79 Å². The normalized spacial score (nSPS) is 9.64. The summed E-state index contributed by atoms with van der Waals surface area (Å²) in [5.41, 5.74) is 0.950. The molecule has 11 heavy (non-hydrogen) atoms. The molecule has 64 valence electrons. The summed E-state index contributed by atoms with van der Waals surface area (Å²) in [6.45, 7) is 9.32. The van der Waals surface area contributed by atoms with E-state index in [4.69, 9.17) is 0 Å². The maximum absolute atomic E-state index is 11.0. The molecule has 0 atom stereocenters. The molecule has 0 radical (unpaired) electrons. The van der Waals surface area contributed by atoms with Crippen LogP contribution in [-0.2, 0) is 4.79 Å². The van der Waals surface area contributed by atoms with E-state index in [1.807, 2.05) is 13.8 Å². The Morgan fingerprint density at radius 1 is 1.55 bits per heavy atom. The van der Waals surface area contributed by atoms with Crippen LogP contribution in [0.1, 0.15) is 26.7 Å². The van der Waals surface area contributed by atoms with Crippen LogP contribution < -0.4 is 5.32 Å². The fourth-order valence-corrected chi connectivity index (χ4v) is 0.830. The molecule has 0 aromatic rings. The summed E-state index contributed by atoms with van der Waals surface area (Å²) in [5, 5.41) is 3.10. The van der Waals surface area contributed by atoms with Crippen LogP contribution in [0.2, 0.25) is 0 Å². The van der Waals surface area contributed by atoms with Crippen molar-refractivity contribution in [1.82, 2.24) is 5.32 Å². The first-order chi connectivity index (χ1) is 5.16. The molecule has 1 N–H and O–H groups in total. The maximum atomic E-state index is 11.0. The Balaban J connectivity index is 3.30. The lowest BCUT2D eigenvalue weighted by Gasteiger charge is -2.00. The van der Waals surface area contributed by atoms with E-state index in [0.29, 0.717) is 12.8 Å². The third-order valence-electron chi connectivity index (χ3n) is 1.33. The number of rotatable bonds is 6. The predicted molar refractivity (Wildman–Crippen MR) is 47.6 cm³/mol. The van der Waals surface area contributed by atoms with Gasteiger partial charge in [0.15, 0.2) is 0 Å². The van der Waals surface area contributed by atoms with Crippen molar-refractivity contribution in [3.63, 3.8) is 0 Å². The van der Waals surface area contributed by atoms with Crippen molar-refractivity contribution in [1.29, 1.82) is 0 Å². The van der Waals surface area contributed by atoms with Gasteiger partial charge >= 0.3 is 0 Å². The number of hydrogen-bond donors (Lipinski definition) is 1. The highest BCUT2D eigenvalue weighted by molar-refractivity contribution is 5.80. The quantitative estimate of drug-likeness (QED) is 0.465. The third-order valence-corrected chi connectivity index (χ3v) is 1.33. The Bertz CT molecular complexity index is 140. The van der Waals surface area contributed by atoms with Gasteiger partial charge in [0, 0.05) is 19.4 Å². The van der Waals surface area contributed by atoms with Crippen molar-refractivity contribution < 1.29 is 4.79 Å². The van der Waals surface area contributed by atoms with Gasteiger partial charge in [0.1, 0.15) is 5.78 Å². The van der Waals surface area contributed by atoms with Gasteiger partial charge in [-0.25, -0.2) is 0 Å². The van der Waals surface area contributed by atoms with Gasteiger partial charge in [-0.3, -0.25) is 4.79 Å². The molecule has 0 spiro atoms. The number of carbonyl (C=O) groups excluding carboxylic acids is 1. The second-order valence-electron chi connectivity index (χ2n) is 2.78. The minimum Gasteiger partial charge on any atom is -0.317 e. The molecular formula is C9H17NO. The van der Waals surface area contributed by atoms with Crippen LogP contribution in [0.25, 0.3) is 0 Å². The molecule has 0 saturated carbocycles. The lowest BCUT2D eigenvalue weighted by molar-refractivity contribution is -0.118. The summed E-state index contributed by atoms with van der Waals surface area (Å²) in [6, 6.07) is 0. The molecule has 0 fully saturated rings. The van der Waals surface area contributed by atoms with Crippen LogP contribution in [0.4, 0.5) is 0 Å². The van der Waals surface area contributed by atoms with E-state index in [1.54, 1.807) is 0 Å². The van der Waals surface area contributed by atoms with Crippen LogP contribution in [0.5, 0.6) is 0 Å². The number of carbonyl (C=O) groups is 1. The molecule has 0 aliphatic rings. The van der Waals surface area contributed by atoms with Gasteiger partial charge in [-0.1, -0.05) is 19.1 Å². The fraction of sp³-hybridized carbons (Fsp3) is 0.667. The summed E-state index contributed by atoms with van der Waals surface area (Å²) < 4.78 is 0. The van der Waals surface area contributed by atoms with Crippen molar-refractivity contribution in [3.05, 3.63) is 12.2 Å². The first kappa shape index (κ1) is 10.4. The zero-order valence-electron chi connectivity index (χ0n) is 7.44. The average Bonchev–Trinajstić information content (AvgIpc) is 1.86. The van der Waals surface area contributed by atoms with E-state index in [0.717, 1.165) is 18.7 Å². The van der Waals surface area contributed by atoms with Crippen molar-refractivity contribution in [2.75, 3.05) is 13.1 Å². The first-order valence-corrected chi connectivity index (χ1v) is 4.03. The maximum Gasteiger partial charge on any atom is 0.138 e. The fourth-order valence-electron chi connectivity index (χ4n) is 0.830. The Labute approximate surface area is 68.7 Å². The smallest absolute Gasteiger partial charge is 0.138 e. The van der Waals surface area contributed by atoms with Gasteiger partial charge in [-0.15, -0.1) is 0 Å². The molecule has 0 bridgehead atoms. The summed E-state index contributed by atoms with van der Waals surface area (Å²) in [7, 11) is 0. The number of ketones is 1. The van der Waals surface area contributed by atoms with Crippen LogP contribution in [0.15, 0.2) is 12.2 Å². The Morgan fingerprint density at radius 3 is 2.64 bits per heavy atom. The van der Waals surface area contributed by atoms with Gasteiger partial charge in [-0.05, 0) is 13.5 Å². The van der Waals surface area contributed by atoms with E-state index in [-0.39, 0.29) is 5.78 Å².